The minimum Gasteiger partial charge on any atom is -0.0622 e. The zero-order valence-electron chi connectivity index (χ0n) is 57.3. The lowest BCUT2D eigenvalue weighted by Crippen LogP contribution is -2.14. The number of benzene rings is 17. The number of hydrogen-bond acceptors (Lipinski definition) is 0. The lowest BCUT2D eigenvalue weighted by molar-refractivity contribution is 0.660. The largest absolute Gasteiger partial charge is 0.0622 e. The summed E-state index contributed by atoms with van der Waals surface area (Å²) < 4.78 is 0. The van der Waals surface area contributed by atoms with Gasteiger partial charge in [-0.1, -0.05) is 366 Å². The topological polar surface area (TPSA) is 0 Å². The molecule has 19 rings (SSSR count). The Morgan fingerprint density at radius 3 is 1.08 bits per heavy atom. The Morgan fingerprint density at radius 1 is 0.230 bits per heavy atom. The van der Waals surface area contributed by atoms with Crippen molar-refractivity contribution in [1.82, 2.24) is 0 Å². The van der Waals surface area contributed by atoms with E-state index in [1.807, 2.05) is 0 Å². The van der Waals surface area contributed by atoms with Crippen LogP contribution in [0, 0.1) is 13.8 Å². The first kappa shape index (κ1) is 60.5. The standard InChI is InChI=1S/C50H36.C50H38/c1-31-23-28-40-44(29-31)48(42-20-12-22-46-49(42)41-19-10-11-21-45(41)50(46,2)3)39-18-9-8-17-38(39)47(40)33-26-24-32(25-27-33)43-30-34-13-4-5-14-35(34)36-15-6-7-16-37(36)43;1-33-25-30-40-44(31-33)48(42-22-14-24-46-49(42)41-21-12-13-23-45(41)50(46,2)3)39-20-11-10-19-38(39)47(40)37-28-26-34(27-29-37)32-43(35-15-6-4-7-16-35)36-17-8-5-9-18-36/h4-30H,1-3H3;4-32H,1-3H3. The third-order valence-corrected chi connectivity index (χ3v) is 22.0. The van der Waals surface area contributed by atoms with Crippen LogP contribution in [0.4, 0.5) is 0 Å². The number of rotatable bonds is 8. The van der Waals surface area contributed by atoms with E-state index in [1.54, 1.807) is 0 Å². The van der Waals surface area contributed by atoms with Crippen LogP contribution in [0.5, 0.6) is 0 Å². The molecule has 474 valence electrons. The van der Waals surface area contributed by atoms with E-state index in [9.17, 15) is 0 Å². The van der Waals surface area contributed by atoms with Crippen molar-refractivity contribution in [3.05, 3.63) is 384 Å². The molecule has 0 atom stereocenters. The first-order valence-electron chi connectivity index (χ1n) is 35.3. The van der Waals surface area contributed by atoms with Crippen molar-refractivity contribution in [3.63, 3.8) is 0 Å². The Morgan fingerprint density at radius 2 is 0.590 bits per heavy atom. The van der Waals surface area contributed by atoms with Crippen molar-refractivity contribution in [1.29, 1.82) is 0 Å². The summed E-state index contributed by atoms with van der Waals surface area (Å²) in [6, 6.07) is 124. The maximum atomic E-state index is 2.40. The molecule has 17 aromatic rings. The van der Waals surface area contributed by atoms with Crippen LogP contribution >= 0.6 is 0 Å². The predicted octanol–water partition coefficient (Wildman–Crippen LogP) is 27.4. The van der Waals surface area contributed by atoms with Crippen LogP contribution in [0.2, 0.25) is 0 Å². The van der Waals surface area contributed by atoms with Crippen LogP contribution in [0.15, 0.2) is 334 Å². The van der Waals surface area contributed by atoms with E-state index in [4.69, 9.17) is 0 Å². The van der Waals surface area contributed by atoms with Gasteiger partial charge in [-0.2, -0.15) is 0 Å². The van der Waals surface area contributed by atoms with Gasteiger partial charge in [0.25, 0.3) is 0 Å². The summed E-state index contributed by atoms with van der Waals surface area (Å²) in [5, 5.41) is 15.5. The molecule has 0 N–H and O–H groups in total. The Labute approximate surface area is 586 Å². The van der Waals surface area contributed by atoms with Gasteiger partial charge in [-0.3, -0.25) is 0 Å². The van der Waals surface area contributed by atoms with Crippen LogP contribution in [-0.4, -0.2) is 0 Å². The third-order valence-electron chi connectivity index (χ3n) is 22.0. The van der Waals surface area contributed by atoms with Crippen molar-refractivity contribution >= 4 is 76.3 Å². The molecule has 0 heteroatoms. The van der Waals surface area contributed by atoms with Crippen LogP contribution in [-0.2, 0) is 10.8 Å². The van der Waals surface area contributed by atoms with E-state index < -0.39 is 0 Å². The summed E-state index contributed by atoms with van der Waals surface area (Å²) in [6.45, 7) is 13.9. The molecule has 0 unspecified atom stereocenters. The van der Waals surface area contributed by atoms with Crippen molar-refractivity contribution in [2.75, 3.05) is 0 Å². The second-order valence-corrected chi connectivity index (χ2v) is 28.7. The molecule has 0 nitrogen and oxygen atoms in total. The molecular formula is C100H74. The molecule has 0 bridgehead atoms. The van der Waals surface area contributed by atoms with Crippen LogP contribution in [0.1, 0.15) is 77.8 Å². The number of fused-ring (bicyclic) bond motifs is 13. The molecule has 0 spiro atoms. The van der Waals surface area contributed by atoms with Gasteiger partial charge in [0.2, 0.25) is 0 Å². The average molecular weight is 1280 g/mol. The minimum atomic E-state index is -0.0551. The molecule has 0 fully saturated rings. The fraction of sp³-hybridized carbons (Fsp3) is 0.0800. The molecule has 0 radical (unpaired) electrons. The Balaban J connectivity index is 0.000000144. The zero-order chi connectivity index (χ0) is 67.4. The van der Waals surface area contributed by atoms with Crippen molar-refractivity contribution < 1.29 is 0 Å². The Kier molecular flexibility index (Phi) is 14.5. The molecule has 2 aliphatic carbocycles. The van der Waals surface area contributed by atoms with E-state index >= 15 is 0 Å². The van der Waals surface area contributed by atoms with Crippen molar-refractivity contribution in [2.45, 2.75) is 52.4 Å². The fourth-order valence-electron chi connectivity index (χ4n) is 17.3. The lowest BCUT2D eigenvalue weighted by Gasteiger charge is -2.23. The van der Waals surface area contributed by atoms with Crippen molar-refractivity contribution in [2.24, 2.45) is 0 Å². The highest BCUT2D eigenvalue weighted by atomic mass is 14.4. The van der Waals surface area contributed by atoms with Crippen LogP contribution < -0.4 is 0 Å². The molecule has 0 aliphatic heterocycles. The average Bonchev–Trinajstić information content (AvgIpc) is 1.49. The molecule has 0 amide bonds. The van der Waals surface area contributed by atoms with Gasteiger partial charge in [-0.25, -0.2) is 0 Å². The summed E-state index contributed by atoms with van der Waals surface area (Å²) in [6.07, 6.45) is 2.31. The van der Waals surface area contributed by atoms with Gasteiger partial charge < -0.3 is 0 Å². The Hall–Kier alpha value is -12.0. The van der Waals surface area contributed by atoms with Gasteiger partial charge in [-0.05, 0) is 213 Å². The van der Waals surface area contributed by atoms with Gasteiger partial charge in [0.15, 0.2) is 0 Å². The fourth-order valence-corrected chi connectivity index (χ4v) is 17.3. The number of aryl methyl sites for hydroxylation is 2. The molecule has 0 saturated carbocycles. The molecule has 2 aliphatic rings. The van der Waals surface area contributed by atoms with Gasteiger partial charge >= 0.3 is 0 Å². The number of hydrogen-bond donors (Lipinski definition) is 0. The summed E-state index contributed by atoms with van der Waals surface area (Å²) in [5.74, 6) is 0. The van der Waals surface area contributed by atoms with Gasteiger partial charge in [-0.15, -0.1) is 0 Å². The molecule has 0 heterocycles. The quantitative estimate of drug-likeness (QED) is 0.0808. The highest BCUT2D eigenvalue weighted by Crippen LogP contribution is 2.57. The second kappa shape index (κ2) is 23.9. The van der Waals surface area contributed by atoms with Gasteiger partial charge in [0.05, 0.1) is 0 Å². The molecule has 100 heavy (non-hydrogen) atoms. The zero-order valence-corrected chi connectivity index (χ0v) is 57.3. The first-order chi connectivity index (χ1) is 49.0. The molecule has 0 aromatic heterocycles. The van der Waals surface area contributed by atoms with Crippen molar-refractivity contribution in [3.8, 4) is 77.9 Å². The maximum absolute atomic E-state index is 2.40. The van der Waals surface area contributed by atoms with E-state index in [-0.39, 0.29) is 10.8 Å². The smallest absolute Gasteiger partial charge is 0.0159 e. The third kappa shape index (κ3) is 9.80. The highest BCUT2D eigenvalue weighted by Gasteiger charge is 2.39. The summed E-state index contributed by atoms with van der Waals surface area (Å²) in [4.78, 5) is 0. The molecular weight excluding hydrogens is 1200 g/mol. The first-order valence-corrected chi connectivity index (χ1v) is 35.3. The van der Waals surface area contributed by atoms with Crippen LogP contribution in [0.3, 0.4) is 0 Å². The van der Waals surface area contributed by atoms with E-state index in [0.717, 1.165) is 0 Å². The lowest BCUT2D eigenvalue weighted by atomic mass is 9.80. The summed E-state index contributed by atoms with van der Waals surface area (Å²) >= 11 is 0. The SMILES string of the molecule is Cc1ccc2c(-c3ccc(-c4cc5ccccc5c5ccccc45)cc3)c3ccccc3c(-c3cccc4c3-c3ccccc3C4(C)C)c2c1.Cc1ccc2c(-c3ccc(C=C(c4ccccc4)c4ccccc4)cc3)c3ccccc3c(-c3cccc4c3-c3ccccc3C4(C)C)c2c1. The predicted molar refractivity (Wildman–Crippen MR) is 430 cm³/mol. The van der Waals surface area contributed by atoms with E-state index in [0.29, 0.717) is 0 Å². The highest BCUT2D eigenvalue weighted by molar-refractivity contribution is 6.25. The monoisotopic (exact) mass is 1270 g/mol. The molecule has 17 aromatic carbocycles. The summed E-state index contributed by atoms with van der Waals surface area (Å²) in [5.41, 5.74) is 31.1. The van der Waals surface area contributed by atoms with E-state index in [2.05, 4.69) is 381 Å². The normalized spacial score (nSPS) is 13.1. The Bertz CT molecular complexity index is 6140. The summed E-state index contributed by atoms with van der Waals surface area (Å²) in [7, 11) is 0. The minimum absolute atomic E-state index is 0.0541. The molecule has 0 saturated heterocycles. The van der Waals surface area contributed by atoms with Gasteiger partial charge in [0, 0.05) is 10.8 Å². The second-order valence-electron chi connectivity index (χ2n) is 28.7. The van der Waals surface area contributed by atoms with Crippen LogP contribution in [0.25, 0.3) is 154 Å². The van der Waals surface area contributed by atoms with Gasteiger partial charge in [0.1, 0.15) is 0 Å². The van der Waals surface area contributed by atoms with E-state index in [1.165, 1.54) is 198 Å². The maximum Gasteiger partial charge on any atom is 0.0159 e.